The largest absolute Gasteiger partial charge is 0.497 e. The number of Topliss-reactive ketones (excluding diaryl/α,β-unsaturated/α-hetero) is 1. The zero-order valence-corrected chi connectivity index (χ0v) is 26.2. The SMILES string of the molecule is COc1ccc(OC)c(C2C(C#N)=C(N)N(c3nnc(SCC(=O)Nc4cccnc4Cl)s3)C3=C2C(=O)CC(C)(C)C3)c1. The number of allylic oxidation sites excluding steroid dienone is 3. The first-order valence-electron chi connectivity index (χ1n) is 13.1. The zero-order valence-electron chi connectivity index (χ0n) is 23.8. The van der Waals surface area contributed by atoms with Gasteiger partial charge in [-0.05, 0) is 42.2 Å². The molecule has 1 amide bonds. The average Bonchev–Trinajstić information content (AvgIpc) is 3.44. The van der Waals surface area contributed by atoms with E-state index in [-0.39, 0.29) is 39.4 Å². The number of thioether (sulfide) groups is 1. The lowest BCUT2D eigenvalue weighted by molar-refractivity contribution is -0.118. The standard InChI is InChI=1S/C29H28ClN7O4S2/c1-29(2)11-19-24(20(38)12-29)23(16-10-15(40-3)7-8-21(16)41-4)17(13-31)26(32)37(19)27-35-36-28(43-27)42-14-22(39)34-18-6-5-9-33-25(18)30/h5-10,23H,11-12,14,32H2,1-4H3,(H,34,39). The molecule has 0 saturated heterocycles. The van der Waals surface area contributed by atoms with Crippen molar-refractivity contribution in [2.75, 3.05) is 30.2 Å². The van der Waals surface area contributed by atoms with Gasteiger partial charge in [-0.15, -0.1) is 10.2 Å². The van der Waals surface area contributed by atoms with E-state index in [1.54, 1.807) is 42.3 Å². The first kappa shape index (κ1) is 30.3. The van der Waals surface area contributed by atoms with Gasteiger partial charge < -0.3 is 20.5 Å². The van der Waals surface area contributed by atoms with E-state index in [1.807, 2.05) is 13.8 Å². The molecule has 0 saturated carbocycles. The first-order chi connectivity index (χ1) is 20.6. The fourth-order valence-electron chi connectivity index (χ4n) is 5.25. The van der Waals surface area contributed by atoms with Gasteiger partial charge in [-0.2, -0.15) is 5.26 Å². The molecule has 2 aliphatic rings. The van der Waals surface area contributed by atoms with Gasteiger partial charge in [-0.25, -0.2) is 4.98 Å². The lowest BCUT2D eigenvalue weighted by Crippen LogP contribution is -2.42. The molecule has 14 heteroatoms. The van der Waals surface area contributed by atoms with Crippen LogP contribution in [0.4, 0.5) is 10.8 Å². The van der Waals surface area contributed by atoms with Crippen LogP contribution in [0, 0.1) is 16.7 Å². The van der Waals surface area contributed by atoms with E-state index in [0.29, 0.717) is 56.3 Å². The highest BCUT2D eigenvalue weighted by Crippen LogP contribution is 2.52. The minimum Gasteiger partial charge on any atom is -0.497 e. The summed E-state index contributed by atoms with van der Waals surface area (Å²) in [5.74, 6) is 0.126. The van der Waals surface area contributed by atoms with Gasteiger partial charge in [-0.1, -0.05) is 48.5 Å². The molecular formula is C29H28ClN7O4S2. The number of halogens is 1. The van der Waals surface area contributed by atoms with Gasteiger partial charge in [0.05, 0.1) is 43.2 Å². The molecule has 1 aliphatic carbocycles. The summed E-state index contributed by atoms with van der Waals surface area (Å²) >= 11 is 8.44. The van der Waals surface area contributed by atoms with E-state index in [1.165, 1.54) is 36.4 Å². The molecule has 11 nitrogen and oxygen atoms in total. The van der Waals surface area contributed by atoms with Gasteiger partial charge in [0.15, 0.2) is 15.3 Å². The molecule has 1 aliphatic heterocycles. The number of carbonyl (C=O) groups is 2. The summed E-state index contributed by atoms with van der Waals surface area (Å²) in [7, 11) is 3.08. The second-order valence-corrected chi connectivity index (χ2v) is 13.2. The number of carbonyl (C=O) groups excluding carboxylic acids is 2. The number of rotatable bonds is 8. The number of benzene rings is 1. The minimum atomic E-state index is -0.755. The lowest BCUT2D eigenvalue weighted by atomic mass is 9.68. The zero-order chi connectivity index (χ0) is 30.9. The van der Waals surface area contributed by atoms with E-state index in [9.17, 15) is 14.9 Å². The van der Waals surface area contributed by atoms with E-state index >= 15 is 0 Å². The number of methoxy groups -OCH3 is 2. The topological polar surface area (TPSA) is 156 Å². The summed E-state index contributed by atoms with van der Waals surface area (Å²) in [5, 5.41) is 22.3. The maximum absolute atomic E-state index is 13.9. The van der Waals surface area contributed by atoms with Crippen LogP contribution in [0.3, 0.4) is 0 Å². The molecule has 0 fully saturated rings. The molecule has 0 bridgehead atoms. The van der Waals surface area contributed by atoms with E-state index in [4.69, 9.17) is 26.8 Å². The van der Waals surface area contributed by atoms with Crippen molar-refractivity contribution in [3.63, 3.8) is 0 Å². The highest BCUT2D eigenvalue weighted by molar-refractivity contribution is 8.01. The fraction of sp³-hybridized carbons (Fsp3) is 0.310. The Kier molecular flexibility index (Phi) is 8.64. The van der Waals surface area contributed by atoms with Crippen LogP contribution in [0.25, 0.3) is 0 Å². The minimum absolute atomic E-state index is 0.0474. The highest BCUT2D eigenvalue weighted by atomic mass is 35.5. The van der Waals surface area contributed by atoms with Gasteiger partial charge in [-0.3, -0.25) is 14.5 Å². The number of nitriles is 1. The maximum Gasteiger partial charge on any atom is 0.234 e. The molecule has 0 radical (unpaired) electrons. The second kappa shape index (κ2) is 12.2. The molecule has 3 N–H and O–H groups in total. The molecule has 222 valence electrons. The lowest BCUT2D eigenvalue weighted by Gasteiger charge is -2.42. The number of nitrogens with two attached hydrogens (primary N) is 1. The molecule has 2 aromatic heterocycles. The van der Waals surface area contributed by atoms with Gasteiger partial charge in [0.1, 0.15) is 17.3 Å². The number of nitrogens with one attached hydrogen (secondary N) is 1. The van der Waals surface area contributed by atoms with Crippen molar-refractivity contribution < 1.29 is 19.1 Å². The molecule has 1 aromatic carbocycles. The number of nitrogens with zero attached hydrogens (tertiary/aromatic N) is 5. The van der Waals surface area contributed by atoms with Crippen LogP contribution in [-0.4, -0.2) is 46.8 Å². The third-order valence-electron chi connectivity index (χ3n) is 7.08. The maximum atomic E-state index is 13.9. The van der Waals surface area contributed by atoms with Crippen molar-refractivity contribution in [3.8, 4) is 17.6 Å². The monoisotopic (exact) mass is 637 g/mol. The van der Waals surface area contributed by atoms with E-state index < -0.39 is 5.92 Å². The number of aromatic nitrogens is 3. The summed E-state index contributed by atoms with van der Waals surface area (Å²) in [6.45, 7) is 4.03. The predicted octanol–water partition coefficient (Wildman–Crippen LogP) is 5.28. The summed E-state index contributed by atoms with van der Waals surface area (Å²) < 4.78 is 11.6. The number of amides is 1. The Bertz CT molecular complexity index is 1710. The van der Waals surface area contributed by atoms with Gasteiger partial charge in [0.2, 0.25) is 11.0 Å². The van der Waals surface area contributed by atoms with Crippen molar-refractivity contribution in [1.29, 1.82) is 5.26 Å². The van der Waals surface area contributed by atoms with Crippen molar-refractivity contribution >= 4 is 57.2 Å². The summed E-state index contributed by atoms with van der Waals surface area (Å²) in [6.07, 6.45) is 2.34. The van der Waals surface area contributed by atoms with E-state index in [2.05, 4.69) is 26.6 Å². The van der Waals surface area contributed by atoms with Crippen LogP contribution in [0.15, 0.2) is 63.5 Å². The van der Waals surface area contributed by atoms with Crippen LogP contribution in [0.5, 0.6) is 11.5 Å². The van der Waals surface area contributed by atoms with Crippen molar-refractivity contribution in [1.82, 2.24) is 15.2 Å². The Hall–Kier alpha value is -4.12. The molecule has 43 heavy (non-hydrogen) atoms. The molecule has 5 rings (SSSR count). The smallest absolute Gasteiger partial charge is 0.234 e. The van der Waals surface area contributed by atoms with Gasteiger partial charge in [0, 0.05) is 29.5 Å². The molecule has 1 unspecified atom stereocenters. The van der Waals surface area contributed by atoms with Crippen LogP contribution in [-0.2, 0) is 9.59 Å². The quantitative estimate of drug-likeness (QED) is 0.245. The molecule has 1 atom stereocenters. The molecule has 3 aromatic rings. The van der Waals surface area contributed by atoms with Gasteiger partial charge in [0.25, 0.3) is 0 Å². The Morgan fingerprint density at radius 1 is 1.28 bits per heavy atom. The predicted molar refractivity (Wildman–Crippen MR) is 165 cm³/mol. The molecule has 3 heterocycles. The van der Waals surface area contributed by atoms with Gasteiger partial charge >= 0.3 is 0 Å². The van der Waals surface area contributed by atoms with Crippen molar-refractivity contribution in [2.45, 2.75) is 36.9 Å². The Morgan fingerprint density at radius 2 is 2.07 bits per heavy atom. The van der Waals surface area contributed by atoms with Crippen molar-refractivity contribution in [2.24, 2.45) is 11.1 Å². The molecule has 0 spiro atoms. The van der Waals surface area contributed by atoms with E-state index in [0.717, 1.165) is 0 Å². The summed E-state index contributed by atoms with van der Waals surface area (Å²) in [6, 6.07) is 10.9. The third-order valence-corrected chi connectivity index (χ3v) is 9.42. The van der Waals surface area contributed by atoms with Crippen molar-refractivity contribution in [3.05, 3.63) is 69.9 Å². The first-order valence-corrected chi connectivity index (χ1v) is 15.3. The number of hydrogen-bond acceptors (Lipinski definition) is 12. The number of anilines is 2. The highest BCUT2D eigenvalue weighted by Gasteiger charge is 2.46. The van der Waals surface area contributed by atoms with Crippen LogP contribution < -0.4 is 25.4 Å². The van der Waals surface area contributed by atoms with Crippen LogP contribution in [0.2, 0.25) is 5.15 Å². The fourth-order valence-corrected chi connectivity index (χ4v) is 7.09. The Balaban J connectivity index is 1.52. The molecular weight excluding hydrogens is 610 g/mol. The Labute approximate surface area is 261 Å². The van der Waals surface area contributed by atoms with Crippen LogP contribution in [0.1, 0.15) is 38.2 Å². The number of hydrogen-bond donors (Lipinski definition) is 2. The normalized spacial score (nSPS) is 17.8. The summed E-state index contributed by atoms with van der Waals surface area (Å²) in [5.41, 5.74) is 8.71. The third kappa shape index (κ3) is 6.04. The van der Waals surface area contributed by atoms with Crippen LogP contribution >= 0.6 is 34.7 Å². The number of pyridine rings is 1. The number of ketones is 1. The second-order valence-electron chi connectivity index (χ2n) is 10.6. The average molecular weight is 638 g/mol. The summed E-state index contributed by atoms with van der Waals surface area (Å²) in [4.78, 5) is 32.0. The Morgan fingerprint density at radius 3 is 2.77 bits per heavy atom. The number of ether oxygens (including phenoxy) is 2.